The van der Waals surface area contributed by atoms with Gasteiger partial charge in [0.15, 0.2) is 0 Å². The van der Waals surface area contributed by atoms with Crippen molar-refractivity contribution < 1.29 is 57.3 Å². The number of benzene rings is 4. The topological polar surface area (TPSA) is 238 Å². The zero-order valence-electron chi connectivity index (χ0n) is 36.2. The van der Waals surface area contributed by atoms with Gasteiger partial charge in [0.1, 0.15) is 29.7 Å². The minimum atomic E-state index is -0.601. The first kappa shape index (κ1) is 44.0. The Bertz CT molecular complexity index is 2940. The zero-order valence-corrected chi connectivity index (χ0v) is 36.2. The van der Waals surface area contributed by atoms with Crippen LogP contribution in [0.25, 0.3) is 0 Å². The third-order valence-corrected chi connectivity index (χ3v) is 11.5. The van der Waals surface area contributed by atoms with Gasteiger partial charge in [-0.3, -0.25) is 43.3 Å². The molecule has 2 aromatic heterocycles. The van der Waals surface area contributed by atoms with E-state index in [2.05, 4.69) is 19.9 Å². The molecule has 0 N–H and O–H groups in total. The summed E-state index contributed by atoms with van der Waals surface area (Å²) >= 11 is 0. The highest BCUT2D eigenvalue weighted by atomic mass is 16.5. The third-order valence-electron chi connectivity index (χ3n) is 11.5. The molecule has 0 fully saturated rings. The number of imide groups is 4. The largest absolute Gasteiger partial charge is 0.457 e. The maximum Gasteiger partial charge on any atom is 0.268 e. The highest BCUT2D eigenvalue weighted by molar-refractivity contribution is 6.35. The monoisotopic (exact) mass is 928 g/mol. The fourth-order valence-corrected chi connectivity index (χ4v) is 8.14. The van der Waals surface area contributed by atoms with Crippen LogP contribution in [0.4, 0.5) is 11.9 Å². The van der Waals surface area contributed by atoms with Crippen LogP contribution < -0.4 is 19.3 Å². The molecule has 0 saturated heterocycles. The Kier molecular flexibility index (Phi) is 11.7. The molecule has 6 aromatic rings. The first-order valence-electron chi connectivity index (χ1n) is 21.7. The molecule has 20 heteroatoms. The van der Waals surface area contributed by atoms with Crippen molar-refractivity contribution in [1.29, 1.82) is 0 Å². The average molecular weight is 929 g/mol. The highest BCUT2D eigenvalue weighted by Crippen LogP contribution is 2.35. The van der Waals surface area contributed by atoms with E-state index in [1.165, 1.54) is 96.4 Å². The standard InChI is InChI=1S/C49H36N8O12/c58-40-32-11-7-28(68-30-9-13-34-38(25-30)46(64)56(44(34)62)48-50-15-5-16-51-48)23-36(32)42(60)54(40)19-1-2-20-66-21-3-4-22-67-27-55-41(59)33-12-8-29(24-37(33)43(55)61)69-31-10-14-35-39(26-31)47(65)57(45(35)63)49-52-17-6-18-53-49/h5-18,23-26H,1-4,19-22,27H2. The second-order valence-electron chi connectivity index (χ2n) is 15.9. The molecular weight excluding hydrogens is 893 g/mol. The van der Waals surface area contributed by atoms with Crippen molar-refractivity contribution in [3.8, 4) is 23.0 Å². The fraction of sp³-hybridized carbons (Fsp3) is 0.184. The van der Waals surface area contributed by atoms with E-state index in [1.54, 1.807) is 18.2 Å². The number of amides is 8. The summed E-state index contributed by atoms with van der Waals surface area (Å²) in [6.45, 7) is 1.04. The van der Waals surface area contributed by atoms with Gasteiger partial charge in [0, 0.05) is 51.2 Å². The van der Waals surface area contributed by atoms with Crippen LogP contribution in [0.5, 0.6) is 23.0 Å². The first-order valence-corrected chi connectivity index (χ1v) is 21.7. The number of unbranched alkanes of at least 4 members (excludes halogenated alkanes) is 2. The summed E-state index contributed by atoms with van der Waals surface area (Å²) in [6, 6.07) is 21.0. The van der Waals surface area contributed by atoms with Gasteiger partial charge in [-0.2, -0.15) is 0 Å². The Morgan fingerprint density at radius 3 is 1.14 bits per heavy atom. The van der Waals surface area contributed by atoms with Gasteiger partial charge in [0.05, 0.1) is 44.5 Å². The molecule has 10 rings (SSSR count). The van der Waals surface area contributed by atoms with E-state index in [9.17, 15) is 38.4 Å². The van der Waals surface area contributed by atoms with E-state index in [0.717, 1.165) is 14.7 Å². The molecule has 344 valence electrons. The number of hydrogen-bond donors (Lipinski definition) is 0. The molecule has 20 nitrogen and oxygen atoms in total. The Labute approximate surface area is 391 Å². The van der Waals surface area contributed by atoms with Crippen molar-refractivity contribution in [2.75, 3.05) is 42.9 Å². The van der Waals surface area contributed by atoms with Crippen molar-refractivity contribution in [2.45, 2.75) is 25.7 Å². The zero-order chi connectivity index (χ0) is 47.8. The molecular formula is C49H36N8O12. The van der Waals surface area contributed by atoms with E-state index in [0.29, 0.717) is 38.9 Å². The van der Waals surface area contributed by atoms with E-state index in [4.69, 9.17) is 18.9 Å². The van der Waals surface area contributed by atoms with Crippen molar-refractivity contribution >= 4 is 59.2 Å². The molecule has 8 amide bonds. The van der Waals surface area contributed by atoms with Crippen molar-refractivity contribution in [2.24, 2.45) is 0 Å². The number of fused-ring (bicyclic) bond motifs is 4. The lowest BCUT2D eigenvalue weighted by molar-refractivity contribution is 0.0230. The summed E-state index contributed by atoms with van der Waals surface area (Å²) in [5.74, 6) is -3.31. The summed E-state index contributed by atoms with van der Waals surface area (Å²) in [6.07, 6.45) is 8.06. The lowest BCUT2D eigenvalue weighted by Gasteiger charge is -2.14. The maximum atomic E-state index is 13.3. The molecule has 0 radical (unpaired) electrons. The van der Waals surface area contributed by atoms with Gasteiger partial charge in [-0.05, 0) is 111 Å². The van der Waals surface area contributed by atoms with Crippen molar-refractivity contribution in [3.63, 3.8) is 0 Å². The number of anilines is 2. The van der Waals surface area contributed by atoms with Crippen LogP contribution in [0, 0.1) is 0 Å². The van der Waals surface area contributed by atoms with E-state index >= 15 is 0 Å². The molecule has 0 aliphatic carbocycles. The molecule has 4 aromatic carbocycles. The summed E-state index contributed by atoms with van der Waals surface area (Å²) < 4.78 is 23.3. The minimum absolute atomic E-state index is 0.0385. The predicted octanol–water partition coefficient (Wildman–Crippen LogP) is 5.90. The molecule has 0 unspecified atom stereocenters. The van der Waals surface area contributed by atoms with Gasteiger partial charge >= 0.3 is 0 Å². The van der Waals surface area contributed by atoms with Crippen LogP contribution in [-0.4, -0.2) is 110 Å². The molecule has 6 heterocycles. The summed E-state index contributed by atoms with van der Waals surface area (Å²) in [5.41, 5.74) is 1.36. The lowest BCUT2D eigenvalue weighted by atomic mass is 10.1. The Hall–Kier alpha value is -8.88. The van der Waals surface area contributed by atoms with Crippen LogP contribution in [0.2, 0.25) is 0 Å². The predicted molar refractivity (Wildman–Crippen MR) is 238 cm³/mol. The molecule has 0 saturated carbocycles. The van der Waals surface area contributed by atoms with Crippen LogP contribution in [0.15, 0.2) is 110 Å². The number of carbonyl (C=O) groups excluding carboxylic acids is 8. The molecule has 4 aliphatic rings. The second kappa shape index (κ2) is 18.4. The summed E-state index contributed by atoms with van der Waals surface area (Å²) in [4.78, 5) is 125. The number of nitrogens with zero attached hydrogens (tertiary/aromatic N) is 8. The number of ether oxygens (including phenoxy) is 4. The Morgan fingerprint density at radius 1 is 0.362 bits per heavy atom. The highest BCUT2D eigenvalue weighted by Gasteiger charge is 2.41. The van der Waals surface area contributed by atoms with Gasteiger partial charge in [-0.1, -0.05) is 0 Å². The molecule has 0 bridgehead atoms. The van der Waals surface area contributed by atoms with Crippen LogP contribution in [-0.2, 0) is 9.47 Å². The quantitative estimate of drug-likeness (QED) is 0.0721. The first-order chi connectivity index (χ1) is 33.6. The molecule has 4 aliphatic heterocycles. The van der Waals surface area contributed by atoms with Gasteiger partial charge in [-0.25, -0.2) is 34.6 Å². The second-order valence-corrected chi connectivity index (χ2v) is 15.9. The fourth-order valence-electron chi connectivity index (χ4n) is 8.14. The lowest BCUT2D eigenvalue weighted by Crippen LogP contribution is -2.32. The van der Waals surface area contributed by atoms with Crippen molar-refractivity contribution in [1.82, 2.24) is 29.7 Å². The van der Waals surface area contributed by atoms with E-state index in [1.807, 2.05) is 0 Å². The number of hydrogen-bond acceptors (Lipinski definition) is 16. The van der Waals surface area contributed by atoms with Gasteiger partial charge in [-0.15, -0.1) is 0 Å². The normalized spacial score (nSPS) is 14.8. The smallest absolute Gasteiger partial charge is 0.268 e. The summed E-state index contributed by atoms with van der Waals surface area (Å²) in [5, 5.41) is 0. The number of rotatable bonds is 18. The van der Waals surface area contributed by atoms with Gasteiger partial charge in [0.25, 0.3) is 47.3 Å². The van der Waals surface area contributed by atoms with Crippen molar-refractivity contribution in [3.05, 3.63) is 154 Å². The Balaban J connectivity index is 0.624. The molecule has 69 heavy (non-hydrogen) atoms. The Morgan fingerprint density at radius 2 is 0.696 bits per heavy atom. The van der Waals surface area contributed by atoms with Crippen LogP contribution in [0.3, 0.4) is 0 Å². The number of aromatic nitrogens is 4. The van der Waals surface area contributed by atoms with Crippen LogP contribution >= 0.6 is 0 Å². The SMILES string of the molecule is O=C1c2ccc(Oc3ccc4c(c3)C(=O)N(c3ncccn3)C4=O)cc2C(=O)N1CCCCOCCCCOCN1C(=O)c2ccc(Oc3ccc4c(c3)C(=O)N(c3ncccn3)C4=O)cc2C1=O. The van der Waals surface area contributed by atoms with E-state index < -0.39 is 47.3 Å². The van der Waals surface area contributed by atoms with E-state index in [-0.39, 0.29) is 99.3 Å². The number of carbonyl (C=O) groups is 8. The van der Waals surface area contributed by atoms with Gasteiger partial charge < -0.3 is 18.9 Å². The minimum Gasteiger partial charge on any atom is -0.457 e. The third kappa shape index (κ3) is 8.23. The maximum absolute atomic E-state index is 13.3. The summed E-state index contributed by atoms with van der Waals surface area (Å²) in [7, 11) is 0. The van der Waals surface area contributed by atoms with Gasteiger partial charge in [0.2, 0.25) is 11.9 Å². The average Bonchev–Trinajstić information content (AvgIpc) is 3.95. The molecule has 0 spiro atoms. The van der Waals surface area contributed by atoms with Crippen LogP contribution in [0.1, 0.15) is 109 Å². The molecule has 0 atom stereocenters.